The lowest BCUT2D eigenvalue weighted by atomic mass is 10.2. The smallest absolute Gasteiger partial charge is 0.426 e. The Labute approximate surface area is 108 Å². The van der Waals surface area contributed by atoms with Gasteiger partial charge in [-0.05, 0) is 20.8 Å². The van der Waals surface area contributed by atoms with Crippen molar-refractivity contribution < 1.29 is 19.4 Å². The van der Waals surface area contributed by atoms with Crippen molar-refractivity contribution in [2.75, 3.05) is 0 Å². The van der Waals surface area contributed by atoms with Gasteiger partial charge in [0.2, 0.25) is 0 Å². The van der Waals surface area contributed by atoms with Gasteiger partial charge in [-0.2, -0.15) is 0 Å². The second-order valence-electron chi connectivity index (χ2n) is 4.42. The van der Waals surface area contributed by atoms with E-state index in [1.165, 1.54) is 11.7 Å². The van der Waals surface area contributed by atoms with E-state index < -0.39 is 23.7 Å². The minimum absolute atomic E-state index is 0.387. The molecule has 0 saturated carbocycles. The van der Waals surface area contributed by atoms with Crippen LogP contribution in [0.2, 0.25) is 0 Å². The second kappa shape index (κ2) is 5.78. The van der Waals surface area contributed by atoms with Crippen LogP contribution in [0, 0.1) is 0 Å². The highest BCUT2D eigenvalue weighted by Crippen LogP contribution is 2.16. The number of hydrazine groups is 1. The van der Waals surface area contributed by atoms with Gasteiger partial charge in [-0.25, -0.2) is 10.2 Å². The first-order chi connectivity index (χ1) is 8.29. The number of carbonyl (C=O) groups excluding carboxylic acids is 2. The van der Waals surface area contributed by atoms with Crippen molar-refractivity contribution in [1.82, 2.24) is 15.8 Å². The van der Waals surface area contributed by atoms with Gasteiger partial charge in [0.15, 0.2) is 6.10 Å². The lowest BCUT2D eigenvalue weighted by Crippen LogP contribution is -2.46. The van der Waals surface area contributed by atoms with Crippen LogP contribution in [-0.4, -0.2) is 27.7 Å². The highest BCUT2D eigenvalue weighted by Gasteiger charge is 2.21. The molecule has 100 valence electrons. The van der Waals surface area contributed by atoms with Gasteiger partial charge in [0.25, 0.3) is 5.91 Å². The van der Waals surface area contributed by atoms with Gasteiger partial charge < -0.3 is 9.84 Å². The third-order valence-corrected chi connectivity index (χ3v) is 2.48. The van der Waals surface area contributed by atoms with Gasteiger partial charge in [-0.1, -0.05) is 0 Å². The van der Waals surface area contributed by atoms with E-state index >= 15 is 0 Å². The van der Waals surface area contributed by atoms with E-state index in [9.17, 15) is 14.7 Å². The first-order valence-electron chi connectivity index (χ1n) is 5.15. The zero-order valence-corrected chi connectivity index (χ0v) is 11.1. The van der Waals surface area contributed by atoms with E-state index in [0.29, 0.717) is 4.88 Å². The standard InChI is InChI=1S/C10H15N3O4S/c1-10(2,3)17-9(16)13-12-8(15)7(14)6-4-11-5-18-6/h4-5,7,14H,1-3H3,(H,12,15)(H,13,16). The van der Waals surface area contributed by atoms with E-state index in [1.54, 1.807) is 20.8 Å². The first-order valence-corrected chi connectivity index (χ1v) is 6.03. The molecule has 0 bridgehead atoms. The normalized spacial score (nSPS) is 12.7. The molecule has 3 N–H and O–H groups in total. The summed E-state index contributed by atoms with van der Waals surface area (Å²) >= 11 is 1.14. The van der Waals surface area contributed by atoms with E-state index in [4.69, 9.17) is 4.74 Å². The molecule has 0 aromatic carbocycles. The maximum absolute atomic E-state index is 11.5. The first kappa shape index (κ1) is 14.4. The molecule has 0 spiro atoms. The van der Waals surface area contributed by atoms with Crippen LogP contribution in [0.3, 0.4) is 0 Å². The highest BCUT2D eigenvalue weighted by atomic mass is 32.1. The summed E-state index contributed by atoms with van der Waals surface area (Å²) in [6, 6.07) is 0. The van der Waals surface area contributed by atoms with Crippen LogP contribution in [0.15, 0.2) is 11.7 Å². The fraction of sp³-hybridized carbons (Fsp3) is 0.500. The lowest BCUT2D eigenvalue weighted by molar-refractivity contribution is -0.130. The molecule has 0 saturated heterocycles. The predicted molar refractivity (Wildman–Crippen MR) is 64.6 cm³/mol. The Kier molecular flexibility index (Phi) is 4.62. The van der Waals surface area contributed by atoms with E-state index in [0.717, 1.165) is 11.3 Å². The number of rotatable bonds is 2. The molecule has 1 unspecified atom stereocenters. The molecule has 0 aliphatic heterocycles. The molecule has 18 heavy (non-hydrogen) atoms. The molecule has 1 heterocycles. The van der Waals surface area contributed by atoms with Gasteiger partial charge in [-0.3, -0.25) is 15.2 Å². The Hall–Kier alpha value is -1.67. The highest BCUT2D eigenvalue weighted by molar-refractivity contribution is 7.09. The van der Waals surface area contributed by atoms with Crippen molar-refractivity contribution in [3.63, 3.8) is 0 Å². The van der Waals surface area contributed by atoms with Crippen molar-refractivity contribution in [2.45, 2.75) is 32.5 Å². The van der Waals surface area contributed by atoms with E-state index in [1.807, 2.05) is 5.43 Å². The average Bonchev–Trinajstić information content (AvgIpc) is 2.75. The minimum atomic E-state index is -1.37. The molecular formula is C10H15N3O4S. The van der Waals surface area contributed by atoms with Crippen LogP contribution < -0.4 is 10.9 Å². The zero-order chi connectivity index (χ0) is 13.8. The fourth-order valence-electron chi connectivity index (χ4n) is 0.974. The number of ether oxygens (including phenoxy) is 1. The predicted octanol–water partition coefficient (Wildman–Crippen LogP) is 0.732. The van der Waals surface area contributed by atoms with Crippen LogP contribution in [-0.2, 0) is 9.53 Å². The number of thiazole rings is 1. The summed E-state index contributed by atoms with van der Waals surface area (Å²) in [6.45, 7) is 5.09. The molecule has 1 rings (SSSR count). The van der Waals surface area contributed by atoms with Gasteiger partial charge in [0.1, 0.15) is 5.60 Å². The maximum atomic E-state index is 11.5. The fourth-order valence-corrected chi connectivity index (χ4v) is 1.58. The number of carbonyl (C=O) groups is 2. The monoisotopic (exact) mass is 273 g/mol. The SMILES string of the molecule is CC(C)(C)OC(=O)NNC(=O)C(O)c1cncs1. The summed E-state index contributed by atoms with van der Waals surface area (Å²) in [5, 5.41) is 9.59. The molecule has 1 aromatic heterocycles. The topological polar surface area (TPSA) is 101 Å². The van der Waals surface area contributed by atoms with Crippen LogP contribution >= 0.6 is 11.3 Å². The molecule has 0 fully saturated rings. The third-order valence-electron chi connectivity index (χ3n) is 1.66. The summed E-state index contributed by atoms with van der Waals surface area (Å²) in [5.41, 5.74) is 4.94. The molecule has 7 nitrogen and oxygen atoms in total. The quantitative estimate of drug-likeness (QED) is 0.690. The number of nitrogens with zero attached hydrogens (tertiary/aromatic N) is 1. The van der Waals surface area contributed by atoms with Crippen molar-refractivity contribution in [3.8, 4) is 0 Å². The number of nitrogens with one attached hydrogen (secondary N) is 2. The molecule has 0 radical (unpaired) electrons. The number of aliphatic hydroxyl groups is 1. The molecule has 0 aliphatic rings. The summed E-state index contributed by atoms with van der Waals surface area (Å²) in [7, 11) is 0. The van der Waals surface area contributed by atoms with Crippen molar-refractivity contribution in [3.05, 3.63) is 16.6 Å². The number of aromatic nitrogens is 1. The van der Waals surface area contributed by atoms with Crippen LogP contribution in [0.25, 0.3) is 0 Å². The minimum Gasteiger partial charge on any atom is -0.443 e. The van der Waals surface area contributed by atoms with E-state index in [-0.39, 0.29) is 0 Å². The Morgan fingerprint density at radius 2 is 2.11 bits per heavy atom. The molecule has 2 amide bonds. The Morgan fingerprint density at radius 3 is 2.61 bits per heavy atom. The summed E-state index contributed by atoms with van der Waals surface area (Å²) in [4.78, 5) is 26.8. The second-order valence-corrected chi connectivity index (χ2v) is 5.34. The van der Waals surface area contributed by atoms with Crippen LogP contribution in [0.1, 0.15) is 31.8 Å². The molecule has 1 aromatic rings. The van der Waals surface area contributed by atoms with Crippen molar-refractivity contribution >= 4 is 23.3 Å². The lowest BCUT2D eigenvalue weighted by Gasteiger charge is -2.20. The van der Waals surface area contributed by atoms with Crippen molar-refractivity contribution in [1.29, 1.82) is 0 Å². The molecule has 0 aliphatic carbocycles. The molecule has 8 heteroatoms. The third kappa shape index (κ3) is 4.68. The summed E-state index contributed by atoms with van der Waals surface area (Å²) in [5.74, 6) is -0.759. The Balaban J connectivity index is 2.40. The zero-order valence-electron chi connectivity index (χ0n) is 10.3. The Morgan fingerprint density at radius 1 is 1.44 bits per heavy atom. The van der Waals surface area contributed by atoms with Gasteiger partial charge in [-0.15, -0.1) is 11.3 Å². The molecule has 1 atom stereocenters. The number of hydrogen-bond donors (Lipinski definition) is 3. The van der Waals surface area contributed by atoms with Crippen LogP contribution in [0.5, 0.6) is 0 Å². The number of amides is 2. The number of aliphatic hydroxyl groups excluding tert-OH is 1. The van der Waals surface area contributed by atoms with Crippen LogP contribution in [0.4, 0.5) is 4.79 Å². The Bertz CT molecular complexity index is 413. The van der Waals surface area contributed by atoms with E-state index in [2.05, 4.69) is 10.4 Å². The van der Waals surface area contributed by atoms with Gasteiger partial charge in [0, 0.05) is 6.20 Å². The summed E-state index contributed by atoms with van der Waals surface area (Å²) in [6.07, 6.45) is -0.789. The largest absolute Gasteiger partial charge is 0.443 e. The summed E-state index contributed by atoms with van der Waals surface area (Å²) < 4.78 is 4.90. The molecular weight excluding hydrogens is 258 g/mol. The number of hydrogen-bond acceptors (Lipinski definition) is 6. The average molecular weight is 273 g/mol. The van der Waals surface area contributed by atoms with Crippen molar-refractivity contribution in [2.24, 2.45) is 0 Å². The van der Waals surface area contributed by atoms with Gasteiger partial charge in [0.05, 0.1) is 10.4 Å². The van der Waals surface area contributed by atoms with Gasteiger partial charge >= 0.3 is 6.09 Å². The maximum Gasteiger partial charge on any atom is 0.426 e.